The normalized spacial score (nSPS) is 11.3. The minimum Gasteiger partial charge on any atom is -0.383 e. The van der Waals surface area contributed by atoms with Crippen molar-refractivity contribution in [3.8, 4) is 0 Å². The maximum atomic E-state index is 10.9. The van der Waals surface area contributed by atoms with Crippen molar-refractivity contribution in [2.45, 2.75) is 0 Å². The van der Waals surface area contributed by atoms with Crippen LogP contribution in [0.4, 0.5) is 0 Å². The molecular formula is C11H11Cl2NO. The van der Waals surface area contributed by atoms with Crippen LogP contribution in [-0.4, -0.2) is 25.3 Å². The second-order valence-corrected chi connectivity index (χ2v) is 4.13. The van der Waals surface area contributed by atoms with E-state index in [-0.39, 0.29) is 0 Å². The quantitative estimate of drug-likeness (QED) is 0.601. The summed E-state index contributed by atoms with van der Waals surface area (Å²) in [4.78, 5) is 12.7. The smallest absolute Gasteiger partial charge is 0.152 e. The van der Waals surface area contributed by atoms with Crippen LogP contribution in [-0.2, 0) is 4.79 Å². The summed E-state index contributed by atoms with van der Waals surface area (Å²) in [5.74, 6) is 0. The Kier molecular flexibility index (Phi) is 4.18. The monoisotopic (exact) mass is 243 g/mol. The summed E-state index contributed by atoms with van der Waals surface area (Å²) in [6.07, 6.45) is 2.48. The van der Waals surface area contributed by atoms with Crippen molar-refractivity contribution < 1.29 is 4.79 Å². The molecule has 1 aromatic rings. The Labute approximate surface area is 99.1 Å². The van der Waals surface area contributed by atoms with Gasteiger partial charge >= 0.3 is 0 Å². The molecule has 0 saturated heterocycles. The van der Waals surface area contributed by atoms with Gasteiger partial charge in [0.15, 0.2) is 6.29 Å². The molecule has 0 fully saturated rings. The van der Waals surface area contributed by atoms with Gasteiger partial charge in [-0.2, -0.15) is 0 Å². The van der Waals surface area contributed by atoms with Crippen LogP contribution in [0.3, 0.4) is 0 Å². The van der Waals surface area contributed by atoms with Gasteiger partial charge in [0.1, 0.15) is 0 Å². The first kappa shape index (κ1) is 12.1. The summed E-state index contributed by atoms with van der Waals surface area (Å²) in [6, 6.07) is 5.05. The standard InChI is InChI=1S/C11H11Cl2NO/c1-14(2)6-8(7-15)10-4-3-9(12)5-11(10)13/h3-7H,1-2H3/b8-6+. The lowest BCUT2D eigenvalue weighted by molar-refractivity contribution is -0.103. The summed E-state index contributed by atoms with van der Waals surface area (Å²) in [7, 11) is 3.68. The van der Waals surface area contributed by atoms with Crippen molar-refractivity contribution in [2.24, 2.45) is 0 Å². The van der Waals surface area contributed by atoms with Gasteiger partial charge in [0.25, 0.3) is 0 Å². The molecule has 0 atom stereocenters. The van der Waals surface area contributed by atoms with Crippen LogP contribution < -0.4 is 0 Å². The molecule has 4 heteroatoms. The minimum absolute atomic E-state index is 0.475. The van der Waals surface area contributed by atoms with Gasteiger partial charge in [-0.15, -0.1) is 0 Å². The van der Waals surface area contributed by atoms with Gasteiger partial charge in [0.05, 0.1) is 5.02 Å². The van der Waals surface area contributed by atoms with E-state index in [0.717, 1.165) is 6.29 Å². The van der Waals surface area contributed by atoms with Crippen LogP contribution >= 0.6 is 23.2 Å². The first-order valence-corrected chi connectivity index (χ1v) is 5.09. The lowest BCUT2D eigenvalue weighted by Crippen LogP contribution is -2.03. The zero-order chi connectivity index (χ0) is 11.4. The Hall–Kier alpha value is -0.990. The highest BCUT2D eigenvalue weighted by Crippen LogP contribution is 2.26. The zero-order valence-corrected chi connectivity index (χ0v) is 10.0. The van der Waals surface area contributed by atoms with E-state index in [1.165, 1.54) is 0 Å². The van der Waals surface area contributed by atoms with Crippen LogP contribution in [0.15, 0.2) is 24.4 Å². The molecule has 0 unspecified atom stereocenters. The van der Waals surface area contributed by atoms with E-state index in [1.54, 1.807) is 29.3 Å². The fourth-order valence-corrected chi connectivity index (χ4v) is 1.68. The summed E-state index contributed by atoms with van der Waals surface area (Å²) in [5, 5.41) is 1.03. The summed E-state index contributed by atoms with van der Waals surface area (Å²) in [5.41, 5.74) is 1.21. The molecule has 0 radical (unpaired) electrons. The Morgan fingerprint density at radius 3 is 2.47 bits per heavy atom. The van der Waals surface area contributed by atoms with Crippen LogP contribution in [0.2, 0.25) is 10.0 Å². The van der Waals surface area contributed by atoms with Gasteiger partial charge in [-0.05, 0) is 12.1 Å². The number of nitrogens with zero attached hydrogens (tertiary/aromatic N) is 1. The van der Waals surface area contributed by atoms with E-state index in [0.29, 0.717) is 21.2 Å². The summed E-state index contributed by atoms with van der Waals surface area (Å²) < 4.78 is 0. The second kappa shape index (κ2) is 5.19. The number of benzene rings is 1. The van der Waals surface area contributed by atoms with Gasteiger partial charge in [-0.1, -0.05) is 29.3 Å². The predicted molar refractivity (Wildman–Crippen MR) is 64.2 cm³/mol. The van der Waals surface area contributed by atoms with Crippen LogP contribution in [0.5, 0.6) is 0 Å². The molecule has 0 aliphatic rings. The van der Waals surface area contributed by atoms with E-state index >= 15 is 0 Å². The maximum Gasteiger partial charge on any atom is 0.152 e. The molecule has 80 valence electrons. The van der Waals surface area contributed by atoms with Gasteiger partial charge in [-0.3, -0.25) is 4.79 Å². The van der Waals surface area contributed by atoms with Crippen molar-refractivity contribution in [1.29, 1.82) is 0 Å². The van der Waals surface area contributed by atoms with E-state index in [4.69, 9.17) is 23.2 Å². The van der Waals surface area contributed by atoms with Crippen molar-refractivity contribution in [1.82, 2.24) is 4.90 Å². The molecule has 0 spiro atoms. The van der Waals surface area contributed by atoms with E-state index in [1.807, 2.05) is 14.1 Å². The lowest BCUT2D eigenvalue weighted by Gasteiger charge is -2.09. The van der Waals surface area contributed by atoms with Crippen molar-refractivity contribution in [2.75, 3.05) is 14.1 Å². The average molecular weight is 244 g/mol. The number of carbonyl (C=O) groups excluding carboxylic acids is 1. The zero-order valence-electron chi connectivity index (χ0n) is 8.50. The third kappa shape index (κ3) is 3.26. The highest BCUT2D eigenvalue weighted by molar-refractivity contribution is 6.36. The largest absolute Gasteiger partial charge is 0.383 e. The highest BCUT2D eigenvalue weighted by atomic mass is 35.5. The molecule has 2 nitrogen and oxygen atoms in total. The number of allylic oxidation sites excluding steroid dienone is 1. The first-order valence-electron chi connectivity index (χ1n) is 4.33. The van der Waals surface area contributed by atoms with Crippen LogP contribution in [0.1, 0.15) is 5.56 Å². The Balaban J connectivity index is 3.19. The number of hydrogen-bond acceptors (Lipinski definition) is 2. The molecule has 0 saturated carbocycles. The van der Waals surface area contributed by atoms with E-state index in [9.17, 15) is 4.79 Å². The van der Waals surface area contributed by atoms with Crippen LogP contribution in [0.25, 0.3) is 5.57 Å². The summed E-state index contributed by atoms with van der Waals surface area (Å²) >= 11 is 11.8. The van der Waals surface area contributed by atoms with Crippen molar-refractivity contribution in [3.63, 3.8) is 0 Å². The van der Waals surface area contributed by atoms with Gasteiger partial charge in [0.2, 0.25) is 0 Å². The molecular weight excluding hydrogens is 233 g/mol. The number of carbonyl (C=O) groups is 1. The maximum absolute atomic E-state index is 10.9. The molecule has 0 aromatic heterocycles. The Bertz CT molecular complexity index is 400. The van der Waals surface area contributed by atoms with Gasteiger partial charge in [0, 0.05) is 36.5 Å². The van der Waals surface area contributed by atoms with Crippen LogP contribution in [0, 0.1) is 0 Å². The highest BCUT2D eigenvalue weighted by Gasteiger charge is 2.06. The number of aldehydes is 1. The molecule has 0 aliphatic heterocycles. The van der Waals surface area contributed by atoms with E-state index < -0.39 is 0 Å². The fraction of sp³-hybridized carbons (Fsp3) is 0.182. The topological polar surface area (TPSA) is 20.3 Å². The number of hydrogen-bond donors (Lipinski definition) is 0. The molecule has 0 bridgehead atoms. The molecule has 0 amide bonds. The van der Waals surface area contributed by atoms with Gasteiger partial charge in [-0.25, -0.2) is 0 Å². The SMILES string of the molecule is CN(C)/C=C(\C=O)c1ccc(Cl)cc1Cl. The second-order valence-electron chi connectivity index (χ2n) is 3.29. The van der Waals surface area contributed by atoms with Gasteiger partial charge < -0.3 is 4.90 Å². The van der Waals surface area contributed by atoms with E-state index in [2.05, 4.69) is 0 Å². The lowest BCUT2D eigenvalue weighted by atomic mass is 10.1. The third-order valence-electron chi connectivity index (χ3n) is 1.77. The fourth-order valence-electron chi connectivity index (χ4n) is 1.17. The third-order valence-corrected chi connectivity index (χ3v) is 2.31. The first-order chi connectivity index (χ1) is 7.04. The molecule has 0 N–H and O–H groups in total. The van der Waals surface area contributed by atoms with Crippen molar-refractivity contribution >= 4 is 35.1 Å². The summed E-state index contributed by atoms with van der Waals surface area (Å²) in [6.45, 7) is 0. The molecule has 1 aromatic carbocycles. The Morgan fingerprint density at radius 2 is 2.00 bits per heavy atom. The van der Waals surface area contributed by atoms with Crippen molar-refractivity contribution in [3.05, 3.63) is 40.0 Å². The minimum atomic E-state index is 0.475. The number of halogens is 2. The molecule has 0 aliphatic carbocycles. The predicted octanol–water partition coefficient (Wildman–Crippen LogP) is 3.09. The Morgan fingerprint density at radius 1 is 1.33 bits per heavy atom. The molecule has 1 rings (SSSR count). The number of rotatable bonds is 3. The molecule has 15 heavy (non-hydrogen) atoms. The molecule has 0 heterocycles. The average Bonchev–Trinajstić information content (AvgIpc) is 2.14.